The molecule has 0 saturated carbocycles. The van der Waals surface area contributed by atoms with Gasteiger partial charge >= 0.3 is 0 Å². The molecule has 2 rings (SSSR count). The number of benzene rings is 2. The quantitative estimate of drug-likeness (QED) is 0.551. The van der Waals surface area contributed by atoms with Gasteiger partial charge < -0.3 is 14.7 Å². The highest BCUT2D eigenvalue weighted by Crippen LogP contribution is 2.23. The Balaban J connectivity index is 1.96. The molecule has 0 aliphatic carbocycles. The van der Waals surface area contributed by atoms with Crippen LogP contribution in [-0.4, -0.2) is 34.8 Å². The van der Waals surface area contributed by atoms with Gasteiger partial charge in [0.05, 0.1) is 10.5 Å². The van der Waals surface area contributed by atoms with Crippen LogP contribution in [0.15, 0.2) is 48.5 Å². The molecule has 0 heterocycles. The maximum Gasteiger partial charge on any atom is 0.272 e. The molecule has 146 valence electrons. The van der Waals surface area contributed by atoms with Crippen LogP contribution in [0.3, 0.4) is 0 Å². The number of nitrogens with zero attached hydrogens (tertiary/aromatic N) is 1. The van der Waals surface area contributed by atoms with Crippen molar-refractivity contribution in [2.75, 3.05) is 13.2 Å². The molecule has 2 aromatic rings. The van der Waals surface area contributed by atoms with E-state index in [1.807, 2.05) is 18.2 Å². The smallest absolute Gasteiger partial charge is 0.272 e. The number of quaternary nitrogens is 1. The third kappa shape index (κ3) is 6.34. The molecule has 2 aromatic carbocycles. The molecular formula is C21H29N2O4+. The van der Waals surface area contributed by atoms with Gasteiger partial charge in [0.2, 0.25) is 0 Å². The van der Waals surface area contributed by atoms with Gasteiger partial charge in [-0.25, -0.2) is 0 Å². The largest absolute Gasteiger partial charge is 0.491 e. The van der Waals surface area contributed by atoms with Crippen LogP contribution in [0.4, 0.5) is 5.69 Å². The normalized spacial score (nSPS) is 13.8. The fourth-order valence-electron chi connectivity index (χ4n) is 2.94. The van der Waals surface area contributed by atoms with Gasteiger partial charge in [0.25, 0.3) is 5.69 Å². The number of hydrogen-bond acceptors (Lipinski definition) is 4. The number of hydrogen-bond donors (Lipinski definition) is 2. The number of aryl methyl sites for hydroxylation is 1. The summed E-state index contributed by atoms with van der Waals surface area (Å²) in [5.41, 5.74) is 1.80. The summed E-state index contributed by atoms with van der Waals surface area (Å²) in [6, 6.07) is 14.8. The number of aliphatic hydroxyl groups excluding tert-OH is 1. The average molecular weight is 373 g/mol. The number of nitro benzene ring substituents is 1. The van der Waals surface area contributed by atoms with Gasteiger partial charge in [0.15, 0.2) is 0 Å². The summed E-state index contributed by atoms with van der Waals surface area (Å²) in [6.07, 6.45) is -0.640. The van der Waals surface area contributed by atoms with Crippen molar-refractivity contribution >= 4 is 5.69 Å². The molecule has 0 bridgehead atoms. The Bertz CT molecular complexity index is 757. The molecule has 6 heteroatoms. The van der Waals surface area contributed by atoms with Gasteiger partial charge in [-0.05, 0) is 39.8 Å². The van der Waals surface area contributed by atoms with Crippen molar-refractivity contribution < 1.29 is 19.7 Å². The van der Waals surface area contributed by atoms with E-state index >= 15 is 0 Å². The summed E-state index contributed by atoms with van der Waals surface area (Å²) in [4.78, 5) is 11.7. The van der Waals surface area contributed by atoms with E-state index in [4.69, 9.17) is 4.74 Å². The topological polar surface area (TPSA) is 77.0 Å². The van der Waals surface area contributed by atoms with E-state index in [1.54, 1.807) is 19.1 Å². The van der Waals surface area contributed by atoms with Crippen LogP contribution in [0, 0.1) is 17.0 Å². The first kappa shape index (κ1) is 20.9. The van der Waals surface area contributed by atoms with Crippen molar-refractivity contribution in [3.63, 3.8) is 0 Å². The summed E-state index contributed by atoms with van der Waals surface area (Å²) in [5.74, 6) is 0.525. The molecule has 0 fully saturated rings. The maximum atomic E-state index is 10.9. The van der Waals surface area contributed by atoms with E-state index in [0.717, 1.165) is 6.54 Å². The molecule has 0 aromatic heterocycles. The van der Waals surface area contributed by atoms with E-state index in [1.165, 1.54) is 16.5 Å². The molecule has 6 nitrogen and oxygen atoms in total. The van der Waals surface area contributed by atoms with Crippen LogP contribution < -0.4 is 9.64 Å². The summed E-state index contributed by atoms with van der Waals surface area (Å²) in [6.45, 7) is 9.64. The Hall–Kier alpha value is -2.44. The van der Waals surface area contributed by atoms with Gasteiger partial charge in [-0.1, -0.05) is 30.3 Å². The zero-order chi connectivity index (χ0) is 20.0. The summed E-state index contributed by atoms with van der Waals surface area (Å²) < 4.78 is 5.66. The third-order valence-electron chi connectivity index (χ3n) is 4.61. The number of nitro groups is 1. The van der Waals surface area contributed by atoms with Crippen LogP contribution in [0.5, 0.6) is 5.75 Å². The average Bonchev–Trinajstić information content (AvgIpc) is 2.59. The maximum absolute atomic E-state index is 10.9. The Labute approximate surface area is 160 Å². The predicted octanol–water partition coefficient (Wildman–Crippen LogP) is 2.53. The summed E-state index contributed by atoms with van der Waals surface area (Å²) >= 11 is 0. The van der Waals surface area contributed by atoms with Crippen molar-refractivity contribution in [1.82, 2.24) is 0 Å². The first-order valence-corrected chi connectivity index (χ1v) is 9.12. The number of rotatable bonds is 8. The van der Waals surface area contributed by atoms with Crippen LogP contribution in [0.1, 0.15) is 31.9 Å². The third-order valence-corrected chi connectivity index (χ3v) is 4.61. The highest BCUT2D eigenvalue weighted by atomic mass is 16.6. The van der Waals surface area contributed by atoms with Crippen LogP contribution in [0.2, 0.25) is 0 Å². The monoisotopic (exact) mass is 373 g/mol. The van der Waals surface area contributed by atoms with Crippen LogP contribution >= 0.6 is 0 Å². The fourth-order valence-corrected chi connectivity index (χ4v) is 2.94. The Morgan fingerprint density at radius 2 is 1.85 bits per heavy atom. The van der Waals surface area contributed by atoms with Crippen molar-refractivity contribution in [2.45, 2.75) is 45.9 Å². The first-order valence-electron chi connectivity index (χ1n) is 9.12. The highest BCUT2D eigenvalue weighted by molar-refractivity contribution is 5.44. The lowest BCUT2D eigenvalue weighted by Crippen LogP contribution is -3.18. The van der Waals surface area contributed by atoms with Crippen LogP contribution in [-0.2, 0) is 6.54 Å². The minimum atomic E-state index is -0.640. The zero-order valence-corrected chi connectivity index (χ0v) is 16.4. The lowest BCUT2D eigenvalue weighted by molar-refractivity contribution is -0.962. The number of nitrogens with one attached hydrogen (secondary N) is 1. The SMILES string of the molecule is Cc1cc(OC[C@@H](O)C[NH+](Cc2ccccc2)C(C)(C)C)ccc1[N+](=O)[O-]. The Morgan fingerprint density at radius 3 is 2.41 bits per heavy atom. The van der Waals surface area contributed by atoms with Crippen LogP contribution in [0.25, 0.3) is 0 Å². The number of ether oxygens (including phenoxy) is 1. The Kier molecular flexibility index (Phi) is 6.93. The molecule has 1 unspecified atom stereocenters. The first-order chi connectivity index (χ1) is 12.7. The Morgan fingerprint density at radius 1 is 1.19 bits per heavy atom. The van der Waals surface area contributed by atoms with Crippen molar-refractivity contribution in [3.8, 4) is 5.75 Å². The molecule has 0 spiro atoms. The predicted molar refractivity (Wildman–Crippen MR) is 105 cm³/mol. The van der Waals surface area contributed by atoms with E-state index < -0.39 is 11.0 Å². The highest BCUT2D eigenvalue weighted by Gasteiger charge is 2.28. The second-order valence-electron chi connectivity index (χ2n) is 7.89. The van der Waals surface area contributed by atoms with Gasteiger partial charge in [-0.2, -0.15) is 0 Å². The molecule has 2 N–H and O–H groups in total. The van der Waals surface area contributed by atoms with Gasteiger partial charge in [0.1, 0.15) is 31.5 Å². The molecule has 27 heavy (non-hydrogen) atoms. The van der Waals surface area contributed by atoms with Crippen molar-refractivity contribution in [3.05, 3.63) is 69.8 Å². The second kappa shape index (κ2) is 8.97. The van der Waals surface area contributed by atoms with Gasteiger partial charge in [0, 0.05) is 17.2 Å². The molecule has 0 aliphatic heterocycles. The lowest BCUT2D eigenvalue weighted by Gasteiger charge is -2.34. The lowest BCUT2D eigenvalue weighted by atomic mass is 10.0. The number of aliphatic hydroxyl groups is 1. The summed E-state index contributed by atoms with van der Waals surface area (Å²) in [5, 5.41) is 21.4. The molecule has 0 amide bonds. The fraction of sp³-hybridized carbons (Fsp3) is 0.429. The minimum absolute atomic E-state index is 0.0270. The zero-order valence-electron chi connectivity index (χ0n) is 16.4. The molecule has 0 radical (unpaired) electrons. The van der Waals surface area contributed by atoms with Crippen molar-refractivity contribution in [2.24, 2.45) is 0 Å². The minimum Gasteiger partial charge on any atom is -0.491 e. The second-order valence-corrected chi connectivity index (χ2v) is 7.89. The summed E-state index contributed by atoms with van der Waals surface area (Å²) in [7, 11) is 0. The molecule has 0 saturated heterocycles. The van der Waals surface area contributed by atoms with E-state index in [9.17, 15) is 15.2 Å². The van der Waals surface area contributed by atoms with Crippen molar-refractivity contribution in [1.29, 1.82) is 0 Å². The molecular weight excluding hydrogens is 344 g/mol. The standard InChI is InChI=1S/C21H28N2O4/c1-16-12-19(10-11-20(16)23(25)26)27-15-18(24)14-22(21(2,3)4)13-17-8-6-5-7-9-17/h5-12,18,24H,13-15H2,1-4H3/p+1/t18-/m0/s1. The van der Waals surface area contributed by atoms with E-state index in [0.29, 0.717) is 17.9 Å². The molecule has 0 aliphatic rings. The molecule has 2 atom stereocenters. The van der Waals surface area contributed by atoms with E-state index in [-0.39, 0.29) is 17.8 Å². The van der Waals surface area contributed by atoms with E-state index in [2.05, 4.69) is 32.9 Å². The van der Waals surface area contributed by atoms with Gasteiger partial charge in [-0.15, -0.1) is 0 Å². The van der Waals surface area contributed by atoms with Gasteiger partial charge in [-0.3, -0.25) is 10.1 Å².